The summed E-state index contributed by atoms with van der Waals surface area (Å²) in [4.78, 5) is 45.2. The molecule has 5 heterocycles. The van der Waals surface area contributed by atoms with E-state index >= 15 is 0 Å². The highest BCUT2D eigenvalue weighted by Crippen LogP contribution is 2.36. The van der Waals surface area contributed by atoms with Crippen molar-refractivity contribution >= 4 is 39.9 Å². The van der Waals surface area contributed by atoms with Gasteiger partial charge in [-0.15, -0.1) is 0 Å². The molecule has 1 aliphatic rings. The Labute approximate surface area is 230 Å². The largest absolute Gasteiger partial charge is 0.494 e. The highest BCUT2D eigenvalue weighted by atomic mass is 35.5. The summed E-state index contributed by atoms with van der Waals surface area (Å²) in [6.45, 7) is 3.91. The molecule has 0 aromatic carbocycles. The molecule has 0 saturated heterocycles. The quantitative estimate of drug-likeness (QED) is 0.300. The van der Waals surface area contributed by atoms with E-state index in [1.54, 1.807) is 24.0 Å². The summed E-state index contributed by atoms with van der Waals surface area (Å²) in [5.74, 6) is -0.295. The summed E-state index contributed by atoms with van der Waals surface area (Å²) < 4.78 is 31.3. The standard InChI is InChI=1S/C26H21ClF2N6O3S/c1-12-4-18(23(28)29)31-7-16(12)25(37)35-10-19-21(11-35)39-26(33-19)34-24(36)17-8-30-13(2)5-14(17)15-6-22(27)32-9-20(15)38-3/h4-9,23H,10-11H2,1-3H3,(H,33,34,36). The molecule has 13 heteroatoms. The van der Waals surface area contributed by atoms with Crippen molar-refractivity contribution in [1.82, 2.24) is 24.8 Å². The number of carbonyl (C=O) groups excluding carboxylic acids is 2. The van der Waals surface area contributed by atoms with Gasteiger partial charge in [-0.2, -0.15) is 0 Å². The van der Waals surface area contributed by atoms with Gasteiger partial charge in [0.1, 0.15) is 16.6 Å². The monoisotopic (exact) mass is 570 g/mol. The number of alkyl halides is 2. The zero-order valence-electron chi connectivity index (χ0n) is 21.0. The number of ether oxygens (including phenoxy) is 1. The van der Waals surface area contributed by atoms with E-state index in [1.165, 1.54) is 43.1 Å². The zero-order chi connectivity index (χ0) is 27.8. The maximum absolute atomic E-state index is 13.3. The molecule has 0 atom stereocenters. The van der Waals surface area contributed by atoms with E-state index in [2.05, 4.69) is 25.3 Å². The van der Waals surface area contributed by atoms with Gasteiger partial charge in [0.15, 0.2) is 5.13 Å². The van der Waals surface area contributed by atoms with Crippen LogP contribution in [0.1, 0.15) is 54.7 Å². The van der Waals surface area contributed by atoms with Crippen LogP contribution < -0.4 is 10.1 Å². The van der Waals surface area contributed by atoms with Crippen LogP contribution in [0.15, 0.2) is 36.8 Å². The number of carbonyl (C=O) groups is 2. The van der Waals surface area contributed by atoms with E-state index in [4.69, 9.17) is 16.3 Å². The smallest absolute Gasteiger partial charge is 0.280 e. The third kappa shape index (κ3) is 5.30. The number of nitrogens with zero attached hydrogens (tertiary/aromatic N) is 5. The van der Waals surface area contributed by atoms with Crippen LogP contribution in [-0.2, 0) is 13.1 Å². The maximum Gasteiger partial charge on any atom is 0.280 e. The number of fused-ring (bicyclic) bond motifs is 1. The highest BCUT2D eigenvalue weighted by molar-refractivity contribution is 7.16. The van der Waals surface area contributed by atoms with Crippen molar-refractivity contribution in [2.45, 2.75) is 33.4 Å². The van der Waals surface area contributed by atoms with Gasteiger partial charge in [0, 0.05) is 29.2 Å². The normalized spacial score (nSPS) is 12.5. The van der Waals surface area contributed by atoms with Crippen LogP contribution in [0, 0.1) is 13.8 Å². The van der Waals surface area contributed by atoms with Gasteiger partial charge in [-0.1, -0.05) is 22.9 Å². The number of halogens is 3. The third-order valence-electron chi connectivity index (χ3n) is 6.18. The van der Waals surface area contributed by atoms with Crippen LogP contribution in [0.2, 0.25) is 5.15 Å². The van der Waals surface area contributed by atoms with Crippen molar-refractivity contribution in [2.24, 2.45) is 0 Å². The summed E-state index contributed by atoms with van der Waals surface area (Å²) in [6, 6.07) is 4.60. The lowest BCUT2D eigenvalue weighted by atomic mass is 10.0. The molecular weight excluding hydrogens is 550 g/mol. The van der Waals surface area contributed by atoms with Gasteiger partial charge in [0.25, 0.3) is 18.2 Å². The number of methoxy groups -OCH3 is 1. The second-order valence-electron chi connectivity index (χ2n) is 8.81. The number of amides is 2. The zero-order valence-corrected chi connectivity index (χ0v) is 22.5. The fourth-order valence-electron chi connectivity index (χ4n) is 4.25. The van der Waals surface area contributed by atoms with Gasteiger partial charge in [-0.3, -0.25) is 24.9 Å². The van der Waals surface area contributed by atoms with E-state index in [1.807, 2.05) is 6.92 Å². The molecule has 1 N–H and O–H groups in total. The fraction of sp³-hybridized carbons (Fsp3) is 0.231. The molecule has 200 valence electrons. The molecule has 4 aromatic heterocycles. The summed E-state index contributed by atoms with van der Waals surface area (Å²) in [6.07, 6.45) is 1.44. The predicted octanol–water partition coefficient (Wildman–Crippen LogP) is 5.62. The van der Waals surface area contributed by atoms with Crippen molar-refractivity contribution in [3.63, 3.8) is 0 Å². The van der Waals surface area contributed by atoms with Crippen molar-refractivity contribution in [3.05, 3.63) is 80.6 Å². The average molecular weight is 571 g/mol. The Bertz CT molecular complexity index is 1590. The number of thiazole rings is 1. The number of rotatable bonds is 6. The average Bonchev–Trinajstić information content (AvgIpc) is 3.47. The second kappa shape index (κ2) is 10.6. The molecule has 1 aliphatic heterocycles. The first-order valence-corrected chi connectivity index (χ1v) is 12.8. The molecule has 0 fully saturated rings. The Balaban J connectivity index is 1.34. The maximum atomic E-state index is 13.3. The number of aryl methyl sites for hydroxylation is 2. The third-order valence-corrected chi connectivity index (χ3v) is 7.38. The Morgan fingerprint density at radius 1 is 1.05 bits per heavy atom. The highest BCUT2D eigenvalue weighted by Gasteiger charge is 2.30. The van der Waals surface area contributed by atoms with E-state index in [0.29, 0.717) is 44.5 Å². The SMILES string of the molecule is COc1cnc(Cl)cc1-c1cc(C)ncc1C(=O)Nc1nc2c(s1)CN(C(=O)c1cnc(C(F)F)cc1C)C2. The van der Waals surface area contributed by atoms with Crippen LogP contribution in [-0.4, -0.2) is 43.8 Å². The Morgan fingerprint density at radius 3 is 2.51 bits per heavy atom. The summed E-state index contributed by atoms with van der Waals surface area (Å²) in [7, 11) is 1.50. The lowest BCUT2D eigenvalue weighted by molar-refractivity contribution is 0.0748. The van der Waals surface area contributed by atoms with Crippen LogP contribution in [0.3, 0.4) is 0 Å². The number of pyridine rings is 3. The molecule has 0 spiro atoms. The molecule has 9 nitrogen and oxygen atoms in total. The topological polar surface area (TPSA) is 110 Å². The molecular formula is C26H21ClF2N6O3S. The first-order valence-electron chi connectivity index (χ1n) is 11.6. The van der Waals surface area contributed by atoms with Crippen LogP contribution in [0.25, 0.3) is 11.1 Å². The number of anilines is 1. The first kappa shape index (κ1) is 26.6. The fourth-order valence-corrected chi connectivity index (χ4v) is 5.39. The van der Waals surface area contributed by atoms with Crippen molar-refractivity contribution < 1.29 is 23.1 Å². The molecule has 5 rings (SSSR count). The van der Waals surface area contributed by atoms with Crippen LogP contribution in [0.5, 0.6) is 5.75 Å². The molecule has 0 unspecified atom stereocenters. The van der Waals surface area contributed by atoms with Gasteiger partial charge in [-0.25, -0.2) is 18.7 Å². The van der Waals surface area contributed by atoms with E-state index < -0.39 is 12.3 Å². The summed E-state index contributed by atoms with van der Waals surface area (Å²) >= 11 is 7.38. The van der Waals surface area contributed by atoms with E-state index in [-0.39, 0.29) is 35.4 Å². The van der Waals surface area contributed by atoms with Gasteiger partial charge >= 0.3 is 0 Å². The summed E-state index contributed by atoms with van der Waals surface area (Å²) in [5, 5.41) is 3.45. The Hall–Kier alpha value is -4.03. The van der Waals surface area contributed by atoms with Crippen molar-refractivity contribution in [3.8, 4) is 16.9 Å². The Kier molecular flexibility index (Phi) is 7.23. The second-order valence-corrected chi connectivity index (χ2v) is 10.3. The number of nitrogens with one attached hydrogen (secondary N) is 1. The molecule has 0 aliphatic carbocycles. The minimum Gasteiger partial charge on any atom is -0.494 e. The first-order chi connectivity index (χ1) is 18.6. The predicted molar refractivity (Wildman–Crippen MR) is 141 cm³/mol. The summed E-state index contributed by atoms with van der Waals surface area (Å²) in [5.41, 5.74) is 3.13. The lowest BCUT2D eigenvalue weighted by Crippen LogP contribution is -2.26. The van der Waals surface area contributed by atoms with Crippen LogP contribution in [0.4, 0.5) is 13.9 Å². The lowest BCUT2D eigenvalue weighted by Gasteiger charge is -2.17. The minimum atomic E-state index is -2.71. The minimum absolute atomic E-state index is 0.223. The van der Waals surface area contributed by atoms with Gasteiger partial charge < -0.3 is 9.64 Å². The van der Waals surface area contributed by atoms with Gasteiger partial charge in [0.05, 0.1) is 48.1 Å². The number of hydrogen-bond acceptors (Lipinski definition) is 8. The number of aromatic nitrogens is 4. The van der Waals surface area contributed by atoms with Crippen molar-refractivity contribution in [2.75, 3.05) is 12.4 Å². The number of hydrogen-bond donors (Lipinski definition) is 1. The van der Waals surface area contributed by atoms with Crippen LogP contribution >= 0.6 is 22.9 Å². The molecule has 2 amide bonds. The molecule has 0 bridgehead atoms. The van der Waals surface area contributed by atoms with E-state index in [0.717, 1.165) is 4.88 Å². The molecule has 0 radical (unpaired) electrons. The van der Waals surface area contributed by atoms with E-state index in [9.17, 15) is 18.4 Å². The molecule has 39 heavy (non-hydrogen) atoms. The van der Waals surface area contributed by atoms with Crippen molar-refractivity contribution in [1.29, 1.82) is 0 Å². The van der Waals surface area contributed by atoms with Gasteiger partial charge in [-0.05, 0) is 37.6 Å². The van der Waals surface area contributed by atoms with Gasteiger partial charge in [0.2, 0.25) is 0 Å². The molecule has 0 saturated carbocycles. The molecule has 4 aromatic rings. The Morgan fingerprint density at radius 2 is 1.82 bits per heavy atom.